The largest absolute Gasteiger partial charge is 0.444 e. The lowest BCUT2D eigenvalue weighted by molar-refractivity contribution is -0.143. The SMILES string of the molecule is CC(C)(C)OC(=O)N1[C@@H]2CC2C[C@H]1C(=O)NC1CCN(CC(F)(F)F)C1. The molecule has 3 aliphatic rings. The third kappa shape index (κ3) is 4.61. The Labute approximate surface area is 151 Å². The standard InChI is InChI=1S/C17H26F3N3O3/c1-16(2,3)26-15(25)23-12-6-10(12)7-13(23)14(24)21-11-4-5-22(8-11)9-17(18,19)20/h10-13H,4-9H2,1-3H3,(H,21,24)/t10?,11?,12-,13+/m1/s1. The third-order valence-corrected chi connectivity index (χ3v) is 5.03. The van der Waals surface area contributed by atoms with Gasteiger partial charge in [0.25, 0.3) is 0 Å². The zero-order valence-electron chi connectivity index (χ0n) is 15.3. The van der Waals surface area contributed by atoms with Gasteiger partial charge in [0.05, 0.1) is 6.54 Å². The highest BCUT2D eigenvalue weighted by atomic mass is 19.4. The van der Waals surface area contributed by atoms with Crippen molar-refractivity contribution in [3.05, 3.63) is 0 Å². The van der Waals surface area contributed by atoms with Gasteiger partial charge in [-0.05, 0) is 46.0 Å². The molecule has 0 aromatic rings. The Morgan fingerprint density at radius 1 is 1.19 bits per heavy atom. The van der Waals surface area contributed by atoms with E-state index in [0.29, 0.717) is 25.3 Å². The van der Waals surface area contributed by atoms with Crippen molar-refractivity contribution in [1.82, 2.24) is 15.1 Å². The van der Waals surface area contributed by atoms with Crippen LogP contribution in [0.2, 0.25) is 0 Å². The van der Waals surface area contributed by atoms with E-state index in [1.54, 1.807) is 20.8 Å². The first kappa shape index (κ1) is 19.3. The molecule has 0 aromatic carbocycles. The van der Waals surface area contributed by atoms with Gasteiger partial charge in [0, 0.05) is 25.2 Å². The van der Waals surface area contributed by atoms with Crippen molar-refractivity contribution < 1.29 is 27.5 Å². The number of rotatable bonds is 3. The maximum atomic E-state index is 12.6. The second-order valence-corrected chi connectivity index (χ2v) is 8.55. The lowest BCUT2D eigenvalue weighted by Gasteiger charge is -2.30. The molecular formula is C17H26F3N3O3. The summed E-state index contributed by atoms with van der Waals surface area (Å²) < 4.78 is 42.9. The van der Waals surface area contributed by atoms with Crippen molar-refractivity contribution in [3.63, 3.8) is 0 Å². The van der Waals surface area contributed by atoms with E-state index in [0.717, 1.165) is 6.42 Å². The molecule has 2 amide bonds. The van der Waals surface area contributed by atoms with Gasteiger partial charge in [0.15, 0.2) is 0 Å². The van der Waals surface area contributed by atoms with Crippen LogP contribution in [0.1, 0.15) is 40.0 Å². The Morgan fingerprint density at radius 2 is 1.88 bits per heavy atom. The Bertz CT molecular complexity index is 576. The number of alkyl halides is 3. The van der Waals surface area contributed by atoms with Gasteiger partial charge in [0.1, 0.15) is 11.6 Å². The number of amides is 2. The summed E-state index contributed by atoms with van der Waals surface area (Å²) in [6.45, 7) is 4.83. The normalized spacial score (nSPS) is 31.7. The Hall–Kier alpha value is -1.51. The molecule has 2 unspecified atom stereocenters. The van der Waals surface area contributed by atoms with Gasteiger partial charge < -0.3 is 10.1 Å². The highest BCUT2D eigenvalue weighted by Gasteiger charge is 2.57. The summed E-state index contributed by atoms with van der Waals surface area (Å²) in [6.07, 6.45) is -2.78. The molecular weight excluding hydrogens is 351 g/mol. The van der Waals surface area contributed by atoms with Crippen molar-refractivity contribution in [3.8, 4) is 0 Å². The first-order valence-electron chi connectivity index (χ1n) is 9.04. The number of likely N-dealkylation sites (tertiary alicyclic amines) is 2. The molecule has 1 saturated carbocycles. The number of halogens is 3. The van der Waals surface area contributed by atoms with Crippen LogP contribution in [-0.2, 0) is 9.53 Å². The minimum absolute atomic E-state index is 0.0471. The monoisotopic (exact) mass is 377 g/mol. The van der Waals surface area contributed by atoms with Gasteiger partial charge in [-0.1, -0.05) is 0 Å². The lowest BCUT2D eigenvalue weighted by Crippen LogP contribution is -2.52. The Morgan fingerprint density at radius 3 is 2.50 bits per heavy atom. The molecule has 6 nitrogen and oxygen atoms in total. The van der Waals surface area contributed by atoms with Crippen LogP contribution in [0.4, 0.5) is 18.0 Å². The molecule has 148 valence electrons. The Kier molecular flexibility index (Phi) is 4.87. The van der Waals surface area contributed by atoms with Crippen LogP contribution in [-0.4, -0.2) is 71.3 Å². The summed E-state index contributed by atoms with van der Waals surface area (Å²) in [7, 11) is 0. The summed E-state index contributed by atoms with van der Waals surface area (Å²) >= 11 is 0. The molecule has 1 N–H and O–H groups in total. The summed E-state index contributed by atoms with van der Waals surface area (Å²) in [5.41, 5.74) is -0.644. The van der Waals surface area contributed by atoms with E-state index in [4.69, 9.17) is 4.74 Å². The smallest absolute Gasteiger partial charge is 0.411 e. The first-order chi connectivity index (χ1) is 11.9. The number of nitrogens with one attached hydrogen (secondary N) is 1. The van der Waals surface area contributed by atoms with Gasteiger partial charge in [-0.15, -0.1) is 0 Å². The van der Waals surface area contributed by atoms with Crippen LogP contribution >= 0.6 is 0 Å². The Balaban J connectivity index is 1.55. The van der Waals surface area contributed by atoms with E-state index >= 15 is 0 Å². The van der Waals surface area contributed by atoms with Gasteiger partial charge in [-0.3, -0.25) is 14.6 Å². The average molecular weight is 377 g/mol. The molecule has 3 rings (SSSR count). The molecule has 3 fully saturated rings. The summed E-state index contributed by atoms with van der Waals surface area (Å²) in [5, 5.41) is 2.83. The number of hydrogen-bond donors (Lipinski definition) is 1. The second-order valence-electron chi connectivity index (χ2n) is 8.55. The molecule has 0 radical (unpaired) electrons. The molecule has 0 aromatic heterocycles. The van der Waals surface area contributed by atoms with Gasteiger partial charge >= 0.3 is 12.3 Å². The van der Waals surface area contributed by atoms with E-state index in [1.165, 1.54) is 9.80 Å². The van der Waals surface area contributed by atoms with Crippen molar-refractivity contribution in [2.24, 2.45) is 5.92 Å². The predicted octanol–water partition coefficient (Wildman–Crippen LogP) is 2.14. The fourth-order valence-corrected chi connectivity index (χ4v) is 3.91. The lowest BCUT2D eigenvalue weighted by atomic mass is 10.1. The fourth-order valence-electron chi connectivity index (χ4n) is 3.91. The van der Waals surface area contributed by atoms with Crippen LogP contribution in [0, 0.1) is 5.92 Å². The average Bonchev–Trinajstić information content (AvgIpc) is 2.89. The van der Waals surface area contributed by atoms with Crippen LogP contribution in [0.5, 0.6) is 0 Å². The van der Waals surface area contributed by atoms with Crippen molar-refractivity contribution in [2.45, 2.75) is 69.9 Å². The van der Waals surface area contributed by atoms with Crippen molar-refractivity contribution in [2.75, 3.05) is 19.6 Å². The fraction of sp³-hybridized carbons (Fsp3) is 0.882. The minimum atomic E-state index is -4.24. The molecule has 1 aliphatic carbocycles. The quantitative estimate of drug-likeness (QED) is 0.819. The maximum Gasteiger partial charge on any atom is 0.411 e. The highest BCUT2D eigenvalue weighted by Crippen LogP contribution is 2.48. The molecule has 0 spiro atoms. The van der Waals surface area contributed by atoms with E-state index < -0.39 is 30.5 Å². The number of piperidine rings is 1. The summed E-state index contributed by atoms with van der Waals surface area (Å²) in [5.74, 6) is 0.0329. The topological polar surface area (TPSA) is 61.9 Å². The minimum Gasteiger partial charge on any atom is -0.444 e. The van der Waals surface area contributed by atoms with Gasteiger partial charge in [-0.2, -0.15) is 13.2 Å². The van der Waals surface area contributed by atoms with Gasteiger partial charge in [-0.25, -0.2) is 4.79 Å². The van der Waals surface area contributed by atoms with E-state index in [9.17, 15) is 22.8 Å². The van der Waals surface area contributed by atoms with Crippen LogP contribution in [0.15, 0.2) is 0 Å². The van der Waals surface area contributed by atoms with Crippen LogP contribution in [0.25, 0.3) is 0 Å². The second kappa shape index (κ2) is 6.58. The molecule has 4 atom stereocenters. The maximum absolute atomic E-state index is 12.6. The molecule has 0 bridgehead atoms. The number of nitrogens with zero attached hydrogens (tertiary/aromatic N) is 2. The summed E-state index contributed by atoms with van der Waals surface area (Å²) in [6, 6.07) is -0.863. The van der Waals surface area contributed by atoms with Crippen molar-refractivity contribution in [1.29, 1.82) is 0 Å². The number of carbonyl (C=O) groups excluding carboxylic acids is 2. The van der Waals surface area contributed by atoms with Gasteiger partial charge in [0.2, 0.25) is 5.91 Å². The number of ether oxygens (including phenoxy) is 1. The summed E-state index contributed by atoms with van der Waals surface area (Å²) in [4.78, 5) is 27.9. The number of hydrogen-bond acceptors (Lipinski definition) is 4. The van der Waals surface area contributed by atoms with Crippen LogP contribution in [0.3, 0.4) is 0 Å². The van der Waals surface area contributed by atoms with E-state index in [2.05, 4.69) is 5.32 Å². The first-order valence-corrected chi connectivity index (χ1v) is 9.04. The van der Waals surface area contributed by atoms with E-state index in [-0.39, 0.29) is 24.5 Å². The van der Waals surface area contributed by atoms with Crippen LogP contribution < -0.4 is 5.32 Å². The zero-order chi connectivity index (χ0) is 19.3. The molecule has 2 heterocycles. The number of carbonyl (C=O) groups is 2. The molecule has 2 saturated heterocycles. The van der Waals surface area contributed by atoms with Crippen molar-refractivity contribution >= 4 is 12.0 Å². The molecule has 2 aliphatic heterocycles. The van der Waals surface area contributed by atoms with E-state index in [1.807, 2.05) is 0 Å². The molecule has 26 heavy (non-hydrogen) atoms. The highest BCUT2D eigenvalue weighted by molar-refractivity contribution is 5.87. The number of fused-ring (bicyclic) bond motifs is 1. The predicted molar refractivity (Wildman–Crippen MR) is 87.4 cm³/mol. The third-order valence-electron chi connectivity index (χ3n) is 5.03. The zero-order valence-corrected chi connectivity index (χ0v) is 15.3. The molecule has 9 heteroatoms.